The van der Waals surface area contributed by atoms with E-state index in [1.807, 2.05) is 24.3 Å². The molecule has 0 aliphatic heterocycles. The summed E-state index contributed by atoms with van der Waals surface area (Å²) in [6.45, 7) is 1.54. The van der Waals surface area contributed by atoms with Gasteiger partial charge >= 0.3 is 5.97 Å². The van der Waals surface area contributed by atoms with E-state index in [2.05, 4.69) is 4.98 Å². The molecule has 0 bridgehead atoms. The first kappa shape index (κ1) is 14.0. The third-order valence-electron chi connectivity index (χ3n) is 2.88. The molecule has 1 amide bonds. The minimum absolute atomic E-state index is 0.196. The molecule has 0 saturated carbocycles. The van der Waals surface area contributed by atoms with E-state index < -0.39 is 12.1 Å². The molecule has 0 saturated heterocycles. The number of hydrogen-bond acceptors (Lipinski definition) is 4. The number of hydrogen-bond donors (Lipinski definition) is 0. The summed E-state index contributed by atoms with van der Waals surface area (Å²) >= 11 is 0. The molecule has 1 heterocycles. The van der Waals surface area contributed by atoms with E-state index in [9.17, 15) is 9.59 Å². The highest BCUT2D eigenvalue weighted by Gasteiger charge is 2.21. The van der Waals surface area contributed by atoms with Gasteiger partial charge in [0.15, 0.2) is 6.10 Å². The molecule has 1 aromatic heterocycles. The number of nitrogens with zero attached hydrogens (tertiary/aromatic N) is 2. The number of amides is 1. The van der Waals surface area contributed by atoms with Crippen LogP contribution in [0.25, 0.3) is 10.9 Å². The van der Waals surface area contributed by atoms with Crippen molar-refractivity contribution in [3.8, 4) is 0 Å². The lowest BCUT2D eigenvalue weighted by molar-refractivity contribution is -0.137. The van der Waals surface area contributed by atoms with Gasteiger partial charge in [0.1, 0.15) is 5.69 Å². The molecule has 0 unspecified atom stereocenters. The van der Waals surface area contributed by atoms with Gasteiger partial charge in [0.2, 0.25) is 0 Å². The molecule has 104 valence electrons. The van der Waals surface area contributed by atoms with Gasteiger partial charge in [0, 0.05) is 19.5 Å². The van der Waals surface area contributed by atoms with Crippen LogP contribution in [0.4, 0.5) is 0 Å². The minimum atomic E-state index is -0.828. The molecule has 0 spiro atoms. The monoisotopic (exact) mass is 272 g/mol. The van der Waals surface area contributed by atoms with Gasteiger partial charge in [-0.2, -0.15) is 0 Å². The Labute approximate surface area is 117 Å². The quantitative estimate of drug-likeness (QED) is 0.800. The second kappa shape index (κ2) is 5.69. The average Bonchev–Trinajstić information content (AvgIpc) is 2.45. The van der Waals surface area contributed by atoms with Gasteiger partial charge in [-0.25, -0.2) is 9.78 Å². The summed E-state index contributed by atoms with van der Waals surface area (Å²) in [5, 5.41) is 0.946. The van der Waals surface area contributed by atoms with Crippen LogP contribution < -0.4 is 0 Å². The summed E-state index contributed by atoms with van der Waals surface area (Å²) in [5.74, 6) is -0.863. The highest BCUT2D eigenvalue weighted by Crippen LogP contribution is 2.13. The number of rotatable bonds is 3. The highest BCUT2D eigenvalue weighted by atomic mass is 16.5. The number of ether oxygens (including phenoxy) is 1. The third-order valence-corrected chi connectivity index (χ3v) is 2.88. The molecule has 1 atom stereocenters. The molecule has 0 radical (unpaired) electrons. The maximum Gasteiger partial charge on any atom is 0.357 e. The molecular formula is C15H16N2O3. The van der Waals surface area contributed by atoms with Crippen LogP contribution in [0.15, 0.2) is 36.4 Å². The summed E-state index contributed by atoms with van der Waals surface area (Å²) < 4.78 is 5.12. The first-order valence-corrected chi connectivity index (χ1v) is 6.27. The van der Waals surface area contributed by atoms with Gasteiger partial charge < -0.3 is 9.64 Å². The summed E-state index contributed by atoms with van der Waals surface area (Å²) in [7, 11) is 3.22. The van der Waals surface area contributed by atoms with Crippen LogP contribution in [0.5, 0.6) is 0 Å². The first-order chi connectivity index (χ1) is 9.49. The lowest BCUT2D eigenvalue weighted by atomic mass is 10.2. The van der Waals surface area contributed by atoms with Crippen molar-refractivity contribution in [2.45, 2.75) is 13.0 Å². The highest BCUT2D eigenvalue weighted by molar-refractivity contribution is 5.93. The zero-order valence-corrected chi connectivity index (χ0v) is 11.7. The van der Waals surface area contributed by atoms with Gasteiger partial charge in [0.25, 0.3) is 5.91 Å². The van der Waals surface area contributed by atoms with Crippen LogP contribution >= 0.6 is 0 Å². The maximum absolute atomic E-state index is 12.0. The van der Waals surface area contributed by atoms with E-state index >= 15 is 0 Å². The normalized spacial score (nSPS) is 11.9. The molecule has 0 fully saturated rings. The molecule has 0 aliphatic carbocycles. The average molecular weight is 272 g/mol. The third kappa shape index (κ3) is 2.93. The van der Waals surface area contributed by atoms with Gasteiger partial charge in [-0.05, 0) is 19.1 Å². The fourth-order valence-electron chi connectivity index (χ4n) is 1.81. The van der Waals surface area contributed by atoms with Crippen molar-refractivity contribution in [3.05, 3.63) is 42.1 Å². The Balaban J connectivity index is 2.17. The molecule has 2 rings (SSSR count). The van der Waals surface area contributed by atoms with Crippen molar-refractivity contribution in [3.63, 3.8) is 0 Å². The van der Waals surface area contributed by atoms with Gasteiger partial charge in [-0.15, -0.1) is 0 Å². The van der Waals surface area contributed by atoms with Gasteiger partial charge in [-0.1, -0.05) is 24.3 Å². The Morgan fingerprint density at radius 1 is 1.15 bits per heavy atom. The molecule has 1 aromatic carbocycles. The molecule has 0 aliphatic rings. The number of carbonyl (C=O) groups is 2. The Hall–Kier alpha value is -2.43. The summed E-state index contributed by atoms with van der Waals surface area (Å²) in [6.07, 6.45) is -0.828. The van der Waals surface area contributed by atoms with Gasteiger partial charge in [0.05, 0.1) is 5.52 Å². The zero-order valence-electron chi connectivity index (χ0n) is 11.7. The standard InChI is InChI=1S/C15H16N2O3/c1-10(14(18)17(2)3)20-15(19)13-9-8-11-6-4-5-7-12(11)16-13/h4-10H,1-3H3/t10-/m0/s1. The number of para-hydroxylation sites is 1. The Morgan fingerprint density at radius 3 is 2.55 bits per heavy atom. The summed E-state index contributed by atoms with van der Waals surface area (Å²) in [4.78, 5) is 29.2. The zero-order chi connectivity index (χ0) is 14.7. The van der Waals surface area contributed by atoms with Crippen LogP contribution in [0.2, 0.25) is 0 Å². The molecular weight excluding hydrogens is 256 g/mol. The Kier molecular flexibility index (Phi) is 3.98. The van der Waals surface area contributed by atoms with Gasteiger partial charge in [-0.3, -0.25) is 4.79 Å². The van der Waals surface area contributed by atoms with Crippen LogP contribution in [0.3, 0.4) is 0 Å². The largest absolute Gasteiger partial charge is 0.448 e. The van der Waals surface area contributed by atoms with E-state index in [-0.39, 0.29) is 11.6 Å². The van der Waals surface area contributed by atoms with E-state index in [0.717, 1.165) is 5.39 Å². The smallest absolute Gasteiger partial charge is 0.357 e. The Bertz CT molecular complexity index is 652. The second-order valence-electron chi connectivity index (χ2n) is 4.67. The number of esters is 1. The van der Waals surface area contributed by atoms with E-state index in [1.54, 1.807) is 33.2 Å². The predicted octanol–water partition coefficient (Wildman–Crippen LogP) is 1.87. The lowest BCUT2D eigenvalue weighted by Crippen LogP contribution is -2.35. The molecule has 0 N–H and O–H groups in total. The fourth-order valence-corrected chi connectivity index (χ4v) is 1.81. The minimum Gasteiger partial charge on any atom is -0.448 e. The second-order valence-corrected chi connectivity index (χ2v) is 4.67. The molecule has 20 heavy (non-hydrogen) atoms. The topological polar surface area (TPSA) is 59.5 Å². The number of carbonyl (C=O) groups excluding carboxylic acids is 2. The van der Waals surface area contributed by atoms with Crippen molar-refractivity contribution >= 4 is 22.8 Å². The van der Waals surface area contributed by atoms with Crippen molar-refractivity contribution < 1.29 is 14.3 Å². The molecule has 5 heteroatoms. The van der Waals surface area contributed by atoms with Crippen LogP contribution in [0.1, 0.15) is 17.4 Å². The number of aromatic nitrogens is 1. The van der Waals surface area contributed by atoms with Crippen LogP contribution in [-0.2, 0) is 9.53 Å². The first-order valence-electron chi connectivity index (χ1n) is 6.27. The number of benzene rings is 1. The summed E-state index contributed by atoms with van der Waals surface area (Å²) in [6, 6.07) is 10.9. The summed E-state index contributed by atoms with van der Waals surface area (Å²) in [5.41, 5.74) is 0.913. The number of likely N-dealkylation sites (N-methyl/N-ethyl adjacent to an activating group) is 1. The van der Waals surface area contributed by atoms with Crippen molar-refractivity contribution in [1.82, 2.24) is 9.88 Å². The lowest BCUT2D eigenvalue weighted by Gasteiger charge is -2.17. The van der Waals surface area contributed by atoms with Crippen molar-refractivity contribution in [2.75, 3.05) is 14.1 Å². The van der Waals surface area contributed by atoms with Crippen LogP contribution in [-0.4, -0.2) is 42.0 Å². The molecule has 5 nitrogen and oxygen atoms in total. The number of fused-ring (bicyclic) bond motifs is 1. The fraction of sp³-hybridized carbons (Fsp3) is 0.267. The van der Waals surface area contributed by atoms with Crippen LogP contribution in [0, 0.1) is 0 Å². The Morgan fingerprint density at radius 2 is 1.85 bits per heavy atom. The van der Waals surface area contributed by atoms with E-state index in [0.29, 0.717) is 5.52 Å². The van der Waals surface area contributed by atoms with Crippen molar-refractivity contribution in [1.29, 1.82) is 0 Å². The number of pyridine rings is 1. The molecule has 2 aromatic rings. The maximum atomic E-state index is 12.0. The van der Waals surface area contributed by atoms with Crippen molar-refractivity contribution in [2.24, 2.45) is 0 Å². The SMILES string of the molecule is C[C@H](OC(=O)c1ccc2ccccc2n1)C(=O)N(C)C. The van der Waals surface area contributed by atoms with E-state index in [1.165, 1.54) is 4.90 Å². The predicted molar refractivity (Wildman–Crippen MR) is 75.3 cm³/mol. The van der Waals surface area contributed by atoms with E-state index in [4.69, 9.17) is 4.74 Å².